The van der Waals surface area contributed by atoms with Crippen molar-refractivity contribution in [3.63, 3.8) is 0 Å². The first-order chi connectivity index (χ1) is 9.82. The first-order valence-electron chi connectivity index (χ1n) is 7.00. The van der Waals surface area contributed by atoms with E-state index in [0.29, 0.717) is 18.2 Å². The molecule has 0 bridgehead atoms. The highest BCUT2D eigenvalue weighted by atomic mass is 16.4. The fourth-order valence-corrected chi connectivity index (χ4v) is 2.36. The first kappa shape index (κ1) is 15.2. The van der Waals surface area contributed by atoms with Crippen molar-refractivity contribution in [1.82, 2.24) is 24.8 Å². The third-order valence-corrected chi connectivity index (χ3v) is 3.60. The maximum absolute atomic E-state index is 11.4. The van der Waals surface area contributed by atoms with Crippen LogP contribution in [0.25, 0.3) is 11.3 Å². The summed E-state index contributed by atoms with van der Waals surface area (Å²) >= 11 is 0. The Morgan fingerprint density at radius 3 is 2.48 bits per heavy atom. The highest BCUT2D eigenvalue weighted by molar-refractivity contribution is 5.93. The van der Waals surface area contributed by atoms with Gasteiger partial charge in [0, 0.05) is 24.8 Å². The minimum absolute atomic E-state index is 0.0158. The molecule has 0 aromatic carbocycles. The van der Waals surface area contributed by atoms with Crippen molar-refractivity contribution in [2.75, 3.05) is 0 Å². The van der Waals surface area contributed by atoms with E-state index in [1.165, 1.54) is 0 Å². The van der Waals surface area contributed by atoms with E-state index in [0.717, 1.165) is 23.4 Å². The van der Waals surface area contributed by atoms with E-state index >= 15 is 0 Å². The standard InChI is InChI=1S/C14H21N5O2/c1-8(2)6-7-19-13(12(14(20)21)15-17-19)11-9(3)16-18(5)10(11)4/h8H,6-7H2,1-5H3,(H,20,21). The molecule has 0 amide bonds. The molecular formula is C14H21N5O2. The number of carbonyl (C=O) groups is 1. The Balaban J connectivity index is 2.58. The van der Waals surface area contributed by atoms with Crippen LogP contribution in [-0.2, 0) is 13.6 Å². The van der Waals surface area contributed by atoms with Gasteiger partial charge in [-0.15, -0.1) is 5.10 Å². The summed E-state index contributed by atoms with van der Waals surface area (Å²) in [6.07, 6.45) is 0.910. The molecular weight excluding hydrogens is 270 g/mol. The van der Waals surface area contributed by atoms with Gasteiger partial charge in [-0.25, -0.2) is 9.48 Å². The quantitative estimate of drug-likeness (QED) is 0.911. The molecule has 0 saturated heterocycles. The molecule has 0 spiro atoms. The molecule has 0 radical (unpaired) electrons. The van der Waals surface area contributed by atoms with E-state index in [-0.39, 0.29) is 5.69 Å². The van der Waals surface area contributed by atoms with Crippen LogP contribution in [0.15, 0.2) is 0 Å². The number of carboxylic acids is 1. The maximum Gasteiger partial charge on any atom is 0.358 e. The normalized spacial score (nSPS) is 11.3. The number of nitrogens with zero attached hydrogens (tertiary/aromatic N) is 5. The Bertz CT molecular complexity index is 669. The lowest BCUT2D eigenvalue weighted by atomic mass is 10.1. The van der Waals surface area contributed by atoms with Gasteiger partial charge in [0.25, 0.3) is 0 Å². The number of hydrogen-bond donors (Lipinski definition) is 1. The summed E-state index contributed by atoms with van der Waals surface area (Å²) < 4.78 is 3.43. The summed E-state index contributed by atoms with van der Waals surface area (Å²) in [7, 11) is 1.84. The lowest BCUT2D eigenvalue weighted by Crippen LogP contribution is -2.08. The lowest BCUT2D eigenvalue weighted by Gasteiger charge is -2.09. The average Bonchev–Trinajstić information content (AvgIpc) is 2.89. The van der Waals surface area contributed by atoms with E-state index in [1.807, 2.05) is 20.9 Å². The predicted octanol–water partition coefficient (Wildman–Crippen LogP) is 2.04. The zero-order chi connectivity index (χ0) is 15.7. The average molecular weight is 291 g/mol. The number of carboxylic acid groups (broad SMARTS) is 1. The van der Waals surface area contributed by atoms with Crippen molar-refractivity contribution >= 4 is 5.97 Å². The molecule has 7 nitrogen and oxygen atoms in total. The number of hydrogen-bond acceptors (Lipinski definition) is 4. The van der Waals surface area contributed by atoms with Gasteiger partial charge in [-0.2, -0.15) is 5.10 Å². The van der Waals surface area contributed by atoms with Crippen LogP contribution in [0.1, 0.15) is 42.1 Å². The molecule has 0 fully saturated rings. The Morgan fingerprint density at radius 2 is 2.00 bits per heavy atom. The molecule has 2 heterocycles. The van der Waals surface area contributed by atoms with E-state index in [9.17, 15) is 9.90 Å². The van der Waals surface area contributed by atoms with Gasteiger partial charge in [-0.1, -0.05) is 19.1 Å². The van der Waals surface area contributed by atoms with Crippen LogP contribution in [0.5, 0.6) is 0 Å². The van der Waals surface area contributed by atoms with Crippen LogP contribution in [0.3, 0.4) is 0 Å². The summed E-state index contributed by atoms with van der Waals surface area (Å²) in [5.74, 6) is -0.560. The third kappa shape index (κ3) is 2.81. The fourth-order valence-electron chi connectivity index (χ4n) is 2.36. The summed E-state index contributed by atoms with van der Waals surface area (Å²) in [6.45, 7) is 8.67. The third-order valence-electron chi connectivity index (χ3n) is 3.60. The van der Waals surface area contributed by atoms with Gasteiger partial charge in [-0.3, -0.25) is 4.68 Å². The monoisotopic (exact) mass is 291 g/mol. The number of aryl methyl sites for hydroxylation is 3. The Labute approximate surface area is 123 Å². The summed E-state index contributed by atoms with van der Waals surface area (Å²) in [5, 5.41) is 21.6. The van der Waals surface area contributed by atoms with E-state index in [1.54, 1.807) is 9.36 Å². The van der Waals surface area contributed by atoms with Gasteiger partial charge in [0.05, 0.1) is 5.69 Å². The smallest absolute Gasteiger partial charge is 0.358 e. The molecule has 21 heavy (non-hydrogen) atoms. The summed E-state index contributed by atoms with van der Waals surface area (Å²) in [6, 6.07) is 0. The summed E-state index contributed by atoms with van der Waals surface area (Å²) in [4.78, 5) is 11.4. The second kappa shape index (κ2) is 5.67. The minimum Gasteiger partial charge on any atom is -0.476 e. The van der Waals surface area contributed by atoms with E-state index < -0.39 is 5.97 Å². The Kier molecular flexibility index (Phi) is 4.11. The van der Waals surface area contributed by atoms with Crippen molar-refractivity contribution < 1.29 is 9.90 Å². The zero-order valence-electron chi connectivity index (χ0n) is 13.1. The predicted molar refractivity (Wildman–Crippen MR) is 78.1 cm³/mol. The molecule has 0 aliphatic heterocycles. The van der Waals surface area contributed by atoms with Gasteiger partial charge in [-0.05, 0) is 26.2 Å². The van der Waals surface area contributed by atoms with Gasteiger partial charge in [0.1, 0.15) is 5.69 Å². The molecule has 0 unspecified atom stereocenters. The van der Waals surface area contributed by atoms with Crippen LogP contribution in [0.4, 0.5) is 0 Å². The molecule has 2 aromatic heterocycles. The lowest BCUT2D eigenvalue weighted by molar-refractivity contribution is 0.0691. The zero-order valence-corrected chi connectivity index (χ0v) is 13.1. The van der Waals surface area contributed by atoms with Crippen LogP contribution in [0, 0.1) is 19.8 Å². The highest BCUT2D eigenvalue weighted by Gasteiger charge is 2.25. The molecule has 2 rings (SSSR count). The SMILES string of the molecule is Cc1nn(C)c(C)c1-c1c(C(=O)O)nnn1CCC(C)C. The van der Waals surface area contributed by atoms with Crippen molar-refractivity contribution in [3.8, 4) is 11.3 Å². The summed E-state index contributed by atoms with van der Waals surface area (Å²) in [5.41, 5.74) is 3.03. The molecule has 0 atom stereocenters. The largest absolute Gasteiger partial charge is 0.476 e. The van der Waals surface area contributed by atoms with Crippen LogP contribution in [-0.4, -0.2) is 35.9 Å². The van der Waals surface area contributed by atoms with Crippen molar-refractivity contribution in [1.29, 1.82) is 0 Å². The molecule has 0 saturated carbocycles. The highest BCUT2D eigenvalue weighted by Crippen LogP contribution is 2.29. The number of aromatic carboxylic acids is 1. The van der Waals surface area contributed by atoms with Gasteiger partial charge < -0.3 is 5.11 Å². The second-order valence-corrected chi connectivity index (χ2v) is 5.67. The molecule has 0 aliphatic rings. The molecule has 1 N–H and O–H groups in total. The van der Waals surface area contributed by atoms with Crippen molar-refractivity contribution in [2.45, 2.75) is 40.7 Å². The van der Waals surface area contributed by atoms with Crippen LogP contribution >= 0.6 is 0 Å². The van der Waals surface area contributed by atoms with Crippen molar-refractivity contribution in [3.05, 3.63) is 17.1 Å². The molecule has 0 aliphatic carbocycles. The Hall–Kier alpha value is -2.18. The number of aromatic nitrogens is 5. The van der Waals surface area contributed by atoms with E-state index in [4.69, 9.17) is 0 Å². The van der Waals surface area contributed by atoms with Crippen LogP contribution in [0.2, 0.25) is 0 Å². The van der Waals surface area contributed by atoms with Gasteiger partial charge in [0.15, 0.2) is 5.69 Å². The topological polar surface area (TPSA) is 85.8 Å². The second-order valence-electron chi connectivity index (χ2n) is 5.67. The molecule has 7 heteroatoms. The van der Waals surface area contributed by atoms with Crippen molar-refractivity contribution in [2.24, 2.45) is 13.0 Å². The minimum atomic E-state index is -1.07. The first-order valence-corrected chi connectivity index (χ1v) is 7.00. The fraction of sp³-hybridized carbons (Fsp3) is 0.571. The van der Waals surface area contributed by atoms with E-state index in [2.05, 4.69) is 29.3 Å². The number of rotatable bonds is 5. The van der Waals surface area contributed by atoms with Crippen LogP contribution < -0.4 is 0 Å². The Morgan fingerprint density at radius 1 is 1.33 bits per heavy atom. The molecule has 114 valence electrons. The maximum atomic E-state index is 11.4. The van der Waals surface area contributed by atoms with Gasteiger partial charge in [0.2, 0.25) is 0 Å². The molecule has 2 aromatic rings. The van der Waals surface area contributed by atoms with Gasteiger partial charge >= 0.3 is 5.97 Å².